The summed E-state index contributed by atoms with van der Waals surface area (Å²) >= 11 is 6.07. The van der Waals surface area contributed by atoms with Gasteiger partial charge >= 0.3 is 0 Å². The normalized spacial score (nSPS) is 11.1. The van der Waals surface area contributed by atoms with E-state index < -0.39 is 0 Å². The molecule has 27 heavy (non-hydrogen) atoms. The van der Waals surface area contributed by atoms with Crippen molar-refractivity contribution in [3.8, 4) is 16.9 Å². The van der Waals surface area contributed by atoms with Gasteiger partial charge in [0.15, 0.2) is 0 Å². The van der Waals surface area contributed by atoms with E-state index in [1.807, 2.05) is 30.5 Å². The van der Waals surface area contributed by atoms with E-state index in [0.29, 0.717) is 6.61 Å². The van der Waals surface area contributed by atoms with Crippen molar-refractivity contribution in [1.82, 2.24) is 0 Å². The summed E-state index contributed by atoms with van der Waals surface area (Å²) < 4.78 is 5.97. The number of aliphatic imine (C=N–C) groups is 1. The average Bonchev–Trinajstić information content (AvgIpc) is 2.68. The topological polar surface area (TPSA) is 21.6 Å². The van der Waals surface area contributed by atoms with Gasteiger partial charge in [0.1, 0.15) is 12.4 Å². The van der Waals surface area contributed by atoms with Gasteiger partial charge in [-0.1, -0.05) is 48.0 Å². The lowest BCUT2D eigenvalue weighted by molar-refractivity contribution is 0.306. The molecule has 0 atom stereocenters. The van der Waals surface area contributed by atoms with E-state index in [9.17, 15) is 0 Å². The zero-order valence-electron chi connectivity index (χ0n) is 15.8. The molecule has 0 aliphatic carbocycles. The Kier molecular flexibility index (Phi) is 6.67. The molecule has 0 aromatic heterocycles. The lowest BCUT2D eigenvalue weighted by Crippen LogP contribution is -1.96. The highest BCUT2D eigenvalue weighted by molar-refractivity contribution is 6.30. The third kappa shape index (κ3) is 5.45. The first-order chi connectivity index (χ1) is 13.2. The van der Waals surface area contributed by atoms with Crippen LogP contribution in [0.3, 0.4) is 0 Å². The second-order valence-electron chi connectivity index (χ2n) is 6.57. The van der Waals surface area contributed by atoms with Crippen LogP contribution in [-0.2, 0) is 13.0 Å². The Morgan fingerprint density at radius 2 is 1.78 bits per heavy atom. The maximum absolute atomic E-state index is 6.07. The fraction of sp³-hybridized carbons (Fsp3) is 0.208. The first kappa shape index (κ1) is 19.2. The van der Waals surface area contributed by atoms with Crippen LogP contribution in [-0.4, -0.2) is 13.3 Å². The predicted molar refractivity (Wildman–Crippen MR) is 115 cm³/mol. The van der Waals surface area contributed by atoms with E-state index in [2.05, 4.69) is 54.4 Å². The number of benzene rings is 3. The number of hydrogen-bond acceptors (Lipinski definition) is 2. The third-order valence-electron chi connectivity index (χ3n) is 4.50. The van der Waals surface area contributed by atoms with Crippen LogP contribution in [0.5, 0.6) is 5.75 Å². The van der Waals surface area contributed by atoms with Gasteiger partial charge in [0.25, 0.3) is 0 Å². The molecule has 3 heteroatoms. The van der Waals surface area contributed by atoms with Gasteiger partial charge in [-0.3, -0.25) is 0 Å². The van der Waals surface area contributed by atoms with Crippen molar-refractivity contribution in [1.29, 1.82) is 0 Å². The predicted octanol–water partition coefficient (Wildman–Crippen LogP) is 6.53. The van der Waals surface area contributed by atoms with E-state index in [0.717, 1.165) is 29.2 Å². The lowest BCUT2D eigenvalue weighted by Gasteiger charge is -2.10. The fourth-order valence-corrected chi connectivity index (χ4v) is 3.29. The first-order valence-corrected chi connectivity index (χ1v) is 9.51. The van der Waals surface area contributed by atoms with E-state index in [-0.39, 0.29) is 0 Å². The Balaban J connectivity index is 1.64. The van der Waals surface area contributed by atoms with Crippen molar-refractivity contribution in [2.24, 2.45) is 4.99 Å². The summed E-state index contributed by atoms with van der Waals surface area (Å²) in [4.78, 5) is 4.01. The summed E-state index contributed by atoms with van der Waals surface area (Å²) in [5.41, 5.74) is 5.98. The van der Waals surface area contributed by atoms with E-state index in [4.69, 9.17) is 16.3 Å². The molecule has 0 N–H and O–H groups in total. The number of aryl methyl sites for hydroxylation is 2. The number of hydrogen-bond donors (Lipinski definition) is 0. The molecule has 138 valence electrons. The second kappa shape index (κ2) is 9.38. The monoisotopic (exact) mass is 377 g/mol. The minimum atomic E-state index is 0.544. The molecule has 0 aliphatic heterocycles. The van der Waals surface area contributed by atoms with Crippen molar-refractivity contribution < 1.29 is 4.74 Å². The number of ether oxygens (including phenoxy) is 1. The zero-order valence-corrected chi connectivity index (χ0v) is 16.5. The molecule has 0 saturated carbocycles. The van der Waals surface area contributed by atoms with Crippen molar-refractivity contribution in [3.05, 3.63) is 88.4 Å². The Morgan fingerprint density at radius 3 is 2.52 bits per heavy atom. The molecule has 0 bridgehead atoms. The van der Waals surface area contributed by atoms with Crippen LogP contribution in [0.4, 0.5) is 0 Å². The molecule has 2 nitrogen and oxygen atoms in total. The first-order valence-electron chi connectivity index (χ1n) is 9.13. The second-order valence-corrected chi connectivity index (χ2v) is 7.01. The Labute approximate surface area is 166 Å². The van der Waals surface area contributed by atoms with Crippen molar-refractivity contribution in [3.63, 3.8) is 0 Å². The van der Waals surface area contributed by atoms with Gasteiger partial charge in [-0.25, -0.2) is 0 Å². The Morgan fingerprint density at radius 1 is 0.963 bits per heavy atom. The van der Waals surface area contributed by atoms with Crippen LogP contribution in [0.2, 0.25) is 5.02 Å². The van der Waals surface area contributed by atoms with Crippen molar-refractivity contribution >= 4 is 17.8 Å². The minimum Gasteiger partial charge on any atom is -0.489 e. The fourth-order valence-electron chi connectivity index (χ4n) is 3.06. The van der Waals surface area contributed by atoms with Crippen LogP contribution >= 0.6 is 11.6 Å². The molecule has 0 aliphatic rings. The van der Waals surface area contributed by atoms with Crippen molar-refractivity contribution in [2.75, 3.05) is 7.05 Å². The number of rotatable bonds is 7. The molecule has 0 spiro atoms. The average molecular weight is 378 g/mol. The summed E-state index contributed by atoms with van der Waals surface area (Å²) in [6, 6.07) is 22.8. The van der Waals surface area contributed by atoms with Gasteiger partial charge < -0.3 is 9.73 Å². The Bertz CT molecular complexity index is 916. The highest BCUT2D eigenvalue weighted by atomic mass is 35.5. The molecule has 3 aromatic rings. The van der Waals surface area contributed by atoms with Gasteiger partial charge in [0.2, 0.25) is 0 Å². The molecular formula is C24H24ClNO. The molecule has 0 saturated heterocycles. The lowest BCUT2D eigenvalue weighted by atomic mass is 9.99. The summed E-state index contributed by atoms with van der Waals surface area (Å²) in [5.74, 6) is 0.885. The van der Waals surface area contributed by atoms with Crippen LogP contribution in [0.25, 0.3) is 11.1 Å². The highest BCUT2D eigenvalue weighted by Crippen LogP contribution is 2.27. The SMILES string of the molecule is CN=CCCc1ccc(OCc2cccc(-c3ccc(Cl)cc3C)c2)cc1. The molecule has 0 fully saturated rings. The van der Waals surface area contributed by atoms with E-state index in [1.54, 1.807) is 7.05 Å². The smallest absolute Gasteiger partial charge is 0.119 e. The molecule has 3 aromatic carbocycles. The Hall–Kier alpha value is -2.58. The zero-order chi connectivity index (χ0) is 19.1. The summed E-state index contributed by atoms with van der Waals surface area (Å²) in [6.07, 6.45) is 3.91. The number of nitrogens with zero attached hydrogens (tertiary/aromatic N) is 1. The van der Waals surface area contributed by atoms with Crippen LogP contribution in [0.1, 0.15) is 23.1 Å². The molecule has 0 radical (unpaired) electrons. The number of halogens is 1. The van der Waals surface area contributed by atoms with Gasteiger partial charge in [0, 0.05) is 12.1 Å². The molecule has 0 amide bonds. The van der Waals surface area contributed by atoms with Gasteiger partial charge in [-0.05, 0) is 84.1 Å². The van der Waals surface area contributed by atoms with Gasteiger partial charge in [-0.15, -0.1) is 0 Å². The van der Waals surface area contributed by atoms with Gasteiger partial charge in [0.05, 0.1) is 0 Å². The van der Waals surface area contributed by atoms with E-state index >= 15 is 0 Å². The molecule has 3 rings (SSSR count). The maximum atomic E-state index is 6.07. The third-order valence-corrected chi connectivity index (χ3v) is 4.74. The van der Waals surface area contributed by atoms with Crippen molar-refractivity contribution in [2.45, 2.75) is 26.4 Å². The summed E-state index contributed by atoms with van der Waals surface area (Å²) in [5, 5.41) is 0.765. The summed E-state index contributed by atoms with van der Waals surface area (Å²) in [6.45, 7) is 2.63. The quantitative estimate of drug-likeness (QED) is 0.429. The van der Waals surface area contributed by atoms with E-state index in [1.165, 1.54) is 22.3 Å². The van der Waals surface area contributed by atoms with Crippen LogP contribution in [0.15, 0.2) is 71.7 Å². The largest absolute Gasteiger partial charge is 0.489 e. The minimum absolute atomic E-state index is 0.544. The van der Waals surface area contributed by atoms with Crippen LogP contribution in [0, 0.1) is 6.92 Å². The molecular weight excluding hydrogens is 354 g/mol. The summed E-state index contributed by atoms with van der Waals surface area (Å²) in [7, 11) is 1.81. The molecule has 0 heterocycles. The standard InChI is InChI=1S/C24H24ClNO/c1-18-15-22(25)10-13-24(18)21-7-3-5-20(16-21)17-27-23-11-8-19(9-12-23)6-4-14-26-2/h3,5,7-16H,4,6,17H2,1-2H3. The highest BCUT2D eigenvalue weighted by Gasteiger charge is 2.04. The molecule has 0 unspecified atom stereocenters. The van der Waals surface area contributed by atoms with Gasteiger partial charge in [-0.2, -0.15) is 0 Å². The maximum Gasteiger partial charge on any atom is 0.119 e. The van der Waals surface area contributed by atoms with Crippen LogP contribution < -0.4 is 4.74 Å².